The number of aromatic nitrogens is 3. The lowest BCUT2D eigenvalue weighted by Gasteiger charge is -2.31. The summed E-state index contributed by atoms with van der Waals surface area (Å²) in [6.45, 7) is 2.62. The molecule has 3 heterocycles. The van der Waals surface area contributed by atoms with E-state index in [0.29, 0.717) is 11.1 Å². The van der Waals surface area contributed by atoms with E-state index in [2.05, 4.69) is 21.2 Å². The van der Waals surface area contributed by atoms with Gasteiger partial charge in [0.1, 0.15) is 0 Å². The second kappa shape index (κ2) is 7.29. The van der Waals surface area contributed by atoms with Gasteiger partial charge in [0.2, 0.25) is 11.8 Å². The monoisotopic (exact) mass is 366 g/mol. The third-order valence-electron chi connectivity index (χ3n) is 4.34. The SMILES string of the molecule is CC(Sc1nnc(-c2ccncc2)o1)C(=O)N1CCCc2ccccc21. The maximum atomic E-state index is 12.9. The number of para-hydroxylation sites is 1. The first-order chi connectivity index (χ1) is 12.7. The van der Waals surface area contributed by atoms with Crippen LogP contribution in [0.1, 0.15) is 18.9 Å². The summed E-state index contributed by atoms with van der Waals surface area (Å²) in [7, 11) is 0. The number of carbonyl (C=O) groups excluding carboxylic acids is 1. The Kier molecular flexibility index (Phi) is 4.71. The standard InChI is InChI=1S/C19H18N4O2S/c1-13(18(24)23-12-4-6-14-5-2-3-7-16(14)23)26-19-22-21-17(25-19)15-8-10-20-11-9-15/h2-3,5,7-11,13H,4,6,12H2,1H3. The smallest absolute Gasteiger partial charge is 0.277 e. The number of anilines is 1. The number of thioether (sulfide) groups is 1. The molecule has 1 aliphatic heterocycles. The number of hydrogen-bond donors (Lipinski definition) is 0. The Labute approximate surface area is 155 Å². The zero-order valence-electron chi connectivity index (χ0n) is 14.3. The molecule has 0 radical (unpaired) electrons. The highest BCUT2D eigenvalue weighted by atomic mass is 32.2. The second-order valence-electron chi connectivity index (χ2n) is 6.09. The van der Waals surface area contributed by atoms with Crippen molar-refractivity contribution in [2.45, 2.75) is 30.2 Å². The highest BCUT2D eigenvalue weighted by molar-refractivity contribution is 8.00. The second-order valence-corrected chi connectivity index (χ2v) is 7.38. The van der Waals surface area contributed by atoms with Crippen molar-refractivity contribution >= 4 is 23.4 Å². The average Bonchev–Trinajstić information content (AvgIpc) is 3.16. The van der Waals surface area contributed by atoms with Crippen molar-refractivity contribution < 1.29 is 9.21 Å². The number of pyridine rings is 1. The van der Waals surface area contributed by atoms with Crippen LogP contribution in [-0.4, -0.2) is 32.9 Å². The predicted octanol–water partition coefficient (Wildman–Crippen LogP) is 3.59. The molecule has 0 saturated heterocycles. The van der Waals surface area contributed by atoms with Crippen LogP contribution in [-0.2, 0) is 11.2 Å². The molecule has 6 nitrogen and oxygen atoms in total. The fraction of sp³-hybridized carbons (Fsp3) is 0.263. The molecule has 26 heavy (non-hydrogen) atoms. The van der Waals surface area contributed by atoms with E-state index in [-0.39, 0.29) is 11.2 Å². The van der Waals surface area contributed by atoms with Crippen molar-refractivity contribution in [1.29, 1.82) is 0 Å². The lowest BCUT2D eigenvalue weighted by molar-refractivity contribution is -0.117. The van der Waals surface area contributed by atoms with Crippen LogP contribution < -0.4 is 4.90 Å². The third kappa shape index (κ3) is 3.35. The van der Waals surface area contributed by atoms with Crippen LogP contribution in [0.4, 0.5) is 5.69 Å². The summed E-state index contributed by atoms with van der Waals surface area (Å²) in [6, 6.07) is 11.7. The fourth-order valence-corrected chi connectivity index (χ4v) is 3.80. The van der Waals surface area contributed by atoms with Gasteiger partial charge >= 0.3 is 0 Å². The molecule has 0 bridgehead atoms. The minimum Gasteiger partial charge on any atom is -0.411 e. The number of benzene rings is 1. The van der Waals surface area contributed by atoms with Crippen molar-refractivity contribution in [3.63, 3.8) is 0 Å². The van der Waals surface area contributed by atoms with Gasteiger partial charge in [-0.15, -0.1) is 10.2 Å². The van der Waals surface area contributed by atoms with Crippen LogP contribution >= 0.6 is 11.8 Å². The lowest BCUT2D eigenvalue weighted by Crippen LogP contribution is -2.40. The van der Waals surface area contributed by atoms with Gasteiger partial charge in [-0.05, 0) is 43.5 Å². The lowest BCUT2D eigenvalue weighted by atomic mass is 10.0. The van der Waals surface area contributed by atoms with E-state index >= 15 is 0 Å². The first-order valence-electron chi connectivity index (χ1n) is 8.52. The molecule has 0 fully saturated rings. The Hall–Kier alpha value is -2.67. The van der Waals surface area contributed by atoms with Crippen LogP contribution in [0.25, 0.3) is 11.5 Å². The molecule has 132 valence electrons. The van der Waals surface area contributed by atoms with Gasteiger partial charge in [-0.2, -0.15) is 0 Å². The van der Waals surface area contributed by atoms with Gasteiger partial charge in [0, 0.05) is 30.2 Å². The van der Waals surface area contributed by atoms with Crippen molar-refractivity contribution in [2.75, 3.05) is 11.4 Å². The molecule has 1 aromatic carbocycles. The summed E-state index contributed by atoms with van der Waals surface area (Å²) >= 11 is 1.29. The number of hydrogen-bond acceptors (Lipinski definition) is 6. The number of aryl methyl sites for hydroxylation is 1. The molecular weight excluding hydrogens is 348 g/mol. The van der Waals surface area contributed by atoms with Crippen LogP contribution in [0.2, 0.25) is 0 Å². The number of nitrogens with zero attached hydrogens (tertiary/aromatic N) is 4. The molecule has 4 rings (SSSR count). The maximum Gasteiger partial charge on any atom is 0.277 e. The number of amides is 1. The Balaban J connectivity index is 1.48. The van der Waals surface area contributed by atoms with E-state index in [1.807, 2.05) is 30.0 Å². The molecule has 0 N–H and O–H groups in total. The molecule has 3 aromatic rings. The minimum absolute atomic E-state index is 0.0609. The average molecular weight is 366 g/mol. The Morgan fingerprint density at radius 2 is 2.00 bits per heavy atom. The van der Waals surface area contributed by atoms with Crippen LogP contribution in [0.5, 0.6) is 0 Å². The molecule has 7 heteroatoms. The van der Waals surface area contributed by atoms with Crippen molar-refractivity contribution in [3.05, 3.63) is 54.4 Å². The predicted molar refractivity (Wildman–Crippen MR) is 100.0 cm³/mol. The van der Waals surface area contributed by atoms with Gasteiger partial charge in [-0.1, -0.05) is 30.0 Å². The van der Waals surface area contributed by atoms with Crippen molar-refractivity contribution in [1.82, 2.24) is 15.2 Å². The quantitative estimate of drug-likeness (QED) is 0.657. The van der Waals surface area contributed by atoms with E-state index in [9.17, 15) is 4.79 Å². The normalized spacial score (nSPS) is 14.7. The summed E-state index contributed by atoms with van der Waals surface area (Å²) in [5.74, 6) is 0.490. The highest BCUT2D eigenvalue weighted by Crippen LogP contribution is 2.31. The Morgan fingerprint density at radius 1 is 1.19 bits per heavy atom. The van der Waals surface area contributed by atoms with Gasteiger partial charge < -0.3 is 9.32 Å². The molecule has 0 aliphatic carbocycles. The number of carbonyl (C=O) groups is 1. The molecule has 2 aromatic heterocycles. The van der Waals surface area contributed by atoms with Gasteiger partial charge in [0.25, 0.3) is 5.22 Å². The largest absolute Gasteiger partial charge is 0.411 e. The number of rotatable bonds is 4. The van der Waals surface area contributed by atoms with E-state index in [1.54, 1.807) is 24.5 Å². The molecule has 0 saturated carbocycles. The van der Waals surface area contributed by atoms with Crippen LogP contribution in [0, 0.1) is 0 Å². The topological polar surface area (TPSA) is 72.1 Å². The van der Waals surface area contributed by atoms with E-state index < -0.39 is 0 Å². The summed E-state index contributed by atoms with van der Waals surface area (Å²) in [5.41, 5.74) is 3.05. The third-order valence-corrected chi connectivity index (χ3v) is 5.26. The molecule has 1 unspecified atom stereocenters. The molecule has 0 spiro atoms. The van der Waals surface area contributed by atoms with Crippen molar-refractivity contribution in [2.24, 2.45) is 0 Å². The van der Waals surface area contributed by atoms with E-state index in [0.717, 1.165) is 30.6 Å². The molecule has 1 aliphatic rings. The molecule has 1 atom stereocenters. The van der Waals surface area contributed by atoms with Gasteiger partial charge in [-0.25, -0.2) is 0 Å². The Bertz CT molecular complexity index is 913. The maximum absolute atomic E-state index is 12.9. The van der Waals surface area contributed by atoms with Gasteiger partial charge in [0.05, 0.1) is 5.25 Å². The van der Waals surface area contributed by atoms with Gasteiger partial charge in [0.15, 0.2) is 0 Å². The highest BCUT2D eigenvalue weighted by Gasteiger charge is 2.28. The molecule has 1 amide bonds. The van der Waals surface area contributed by atoms with Crippen molar-refractivity contribution in [3.8, 4) is 11.5 Å². The summed E-state index contributed by atoms with van der Waals surface area (Å²) < 4.78 is 5.69. The zero-order chi connectivity index (χ0) is 17.9. The van der Waals surface area contributed by atoms with Gasteiger partial charge in [-0.3, -0.25) is 9.78 Å². The van der Waals surface area contributed by atoms with E-state index in [4.69, 9.17) is 4.42 Å². The number of fused-ring (bicyclic) bond motifs is 1. The Morgan fingerprint density at radius 3 is 2.85 bits per heavy atom. The molecular formula is C19H18N4O2S. The summed E-state index contributed by atoms with van der Waals surface area (Å²) in [5, 5.41) is 8.20. The summed E-state index contributed by atoms with van der Waals surface area (Å²) in [6.07, 6.45) is 5.34. The first kappa shape index (κ1) is 16.8. The fourth-order valence-electron chi connectivity index (χ4n) is 3.05. The zero-order valence-corrected chi connectivity index (χ0v) is 15.1. The minimum atomic E-state index is -0.313. The first-order valence-corrected chi connectivity index (χ1v) is 9.40. The summed E-state index contributed by atoms with van der Waals surface area (Å²) in [4.78, 5) is 18.8. The van der Waals surface area contributed by atoms with Crippen LogP contribution in [0.3, 0.4) is 0 Å². The van der Waals surface area contributed by atoms with Crippen LogP contribution in [0.15, 0.2) is 58.4 Å². The van der Waals surface area contributed by atoms with E-state index in [1.165, 1.54) is 17.3 Å².